The van der Waals surface area contributed by atoms with Crippen molar-refractivity contribution >= 4 is 5.97 Å². The number of benzene rings is 1. The molecule has 1 aromatic carbocycles. The molecule has 4 unspecified atom stereocenters. The number of nitrogens with one attached hydrogen (secondary N) is 1. The van der Waals surface area contributed by atoms with Crippen molar-refractivity contribution in [3.05, 3.63) is 47.5 Å². The van der Waals surface area contributed by atoms with Gasteiger partial charge in [-0.15, -0.1) is 0 Å². The molecule has 280 valence electrons. The highest BCUT2D eigenvalue weighted by molar-refractivity contribution is 5.70. The summed E-state index contributed by atoms with van der Waals surface area (Å²) in [4.78, 5) is 13.7. The first-order chi connectivity index (χ1) is 24.2. The molecule has 0 radical (unpaired) electrons. The molecule has 2 saturated heterocycles. The number of carbonyl (C=O) groups is 1. The Labute approximate surface area is 300 Å². The smallest absolute Gasteiger partial charge is 0.306 e. The predicted octanol–water partition coefficient (Wildman–Crippen LogP) is 6.38. The van der Waals surface area contributed by atoms with Crippen molar-refractivity contribution in [1.82, 2.24) is 5.32 Å². The first kappa shape index (κ1) is 37.9. The monoisotopic (exact) mass is 697 g/mol. The van der Waals surface area contributed by atoms with Crippen LogP contribution in [0.1, 0.15) is 97.1 Å². The molecule has 2 aliphatic heterocycles. The van der Waals surface area contributed by atoms with Crippen LogP contribution in [0.25, 0.3) is 0 Å². The highest BCUT2D eigenvalue weighted by atomic mass is 16.7. The van der Waals surface area contributed by atoms with Crippen LogP contribution in [0.3, 0.4) is 0 Å². The maximum atomic E-state index is 13.7. The van der Waals surface area contributed by atoms with Crippen molar-refractivity contribution in [2.45, 2.75) is 147 Å². The third-order valence-corrected chi connectivity index (χ3v) is 13.0. The van der Waals surface area contributed by atoms with E-state index in [4.69, 9.17) is 28.4 Å². The average molecular weight is 698 g/mol. The van der Waals surface area contributed by atoms with Gasteiger partial charge in [-0.05, 0) is 105 Å². The van der Waals surface area contributed by atoms with Gasteiger partial charge in [0.05, 0.1) is 24.7 Å². The zero-order valence-electron chi connectivity index (χ0n) is 31.4. The zero-order chi connectivity index (χ0) is 35.5. The second-order valence-electron chi connectivity index (χ2n) is 16.0. The maximum absolute atomic E-state index is 13.7. The largest absolute Gasteiger partial charge is 0.462 e. The number of hydrogen-bond acceptors (Lipinski definition) is 9. The molecule has 5 aliphatic rings. The van der Waals surface area contributed by atoms with Gasteiger partial charge in [-0.2, -0.15) is 0 Å². The topological polar surface area (TPSA) is 105 Å². The van der Waals surface area contributed by atoms with E-state index in [1.807, 2.05) is 6.92 Å². The fraction of sp³-hybridized carbons (Fsp3) is 0.780. The zero-order valence-corrected chi connectivity index (χ0v) is 31.4. The molecule has 9 nitrogen and oxygen atoms in total. The lowest BCUT2D eigenvalue weighted by atomic mass is 9.63. The number of carbonyl (C=O) groups excluding carboxylic acids is 1. The fourth-order valence-corrected chi connectivity index (χ4v) is 10.5. The van der Waals surface area contributed by atoms with Gasteiger partial charge in [0.2, 0.25) is 0 Å². The van der Waals surface area contributed by atoms with Crippen molar-refractivity contribution in [1.29, 1.82) is 0 Å². The van der Waals surface area contributed by atoms with Gasteiger partial charge in [0.1, 0.15) is 24.4 Å². The van der Waals surface area contributed by atoms with E-state index in [1.54, 1.807) is 21.3 Å². The SMILES string of the molecule is CC[C@H]1CCCC[C@@H](C)C(O)C2=C[C@H]3[C@@H]4C[C@H](O[C@@H]5OC(C)[C@H](OC)C(OC)C5OC)C[C@H]4C[C@H](N[C@@H](C)c4ccccc4)[C@H]3[C@@H]2CC(=O)O1. The Balaban J connectivity index is 1.29. The normalized spacial score (nSPS) is 43.0. The summed E-state index contributed by atoms with van der Waals surface area (Å²) in [5, 5.41) is 16.0. The third-order valence-electron chi connectivity index (χ3n) is 13.0. The van der Waals surface area contributed by atoms with Crippen LogP contribution in [0.4, 0.5) is 0 Å². The van der Waals surface area contributed by atoms with Crippen molar-refractivity contribution in [2.75, 3.05) is 21.3 Å². The van der Waals surface area contributed by atoms with E-state index in [0.717, 1.165) is 56.9 Å². The molecule has 0 spiro atoms. The molecule has 0 bridgehead atoms. The molecule has 9 heteroatoms. The highest BCUT2D eigenvalue weighted by Crippen LogP contribution is 2.57. The number of cyclic esters (lactones) is 1. The van der Waals surface area contributed by atoms with Crippen molar-refractivity contribution in [2.24, 2.45) is 35.5 Å². The Morgan fingerprint density at radius 3 is 2.38 bits per heavy atom. The Morgan fingerprint density at radius 1 is 0.960 bits per heavy atom. The van der Waals surface area contributed by atoms with Crippen LogP contribution in [-0.4, -0.2) is 87.5 Å². The highest BCUT2D eigenvalue weighted by Gasteiger charge is 2.56. The van der Waals surface area contributed by atoms with E-state index < -0.39 is 18.5 Å². The van der Waals surface area contributed by atoms with Crippen LogP contribution < -0.4 is 5.32 Å². The van der Waals surface area contributed by atoms with Gasteiger partial charge in [-0.3, -0.25) is 4.79 Å². The first-order valence-electron chi connectivity index (χ1n) is 19.5. The molecule has 16 atom stereocenters. The molecule has 2 saturated carbocycles. The molecule has 4 fully saturated rings. The number of allylic oxidation sites excluding steroid dienone is 1. The van der Waals surface area contributed by atoms with Gasteiger partial charge in [0.25, 0.3) is 0 Å². The Morgan fingerprint density at radius 2 is 1.68 bits per heavy atom. The molecule has 2 heterocycles. The van der Waals surface area contributed by atoms with Crippen LogP contribution in [0.15, 0.2) is 42.0 Å². The lowest BCUT2D eigenvalue weighted by Gasteiger charge is -2.45. The summed E-state index contributed by atoms with van der Waals surface area (Å²) in [6.07, 6.45) is 7.85. The fourth-order valence-electron chi connectivity index (χ4n) is 10.5. The average Bonchev–Trinajstić information content (AvgIpc) is 3.69. The van der Waals surface area contributed by atoms with E-state index in [2.05, 4.69) is 62.5 Å². The lowest BCUT2D eigenvalue weighted by Crippen LogP contribution is -2.59. The van der Waals surface area contributed by atoms with Gasteiger partial charge >= 0.3 is 5.97 Å². The molecule has 0 amide bonds. The molecular formula is C41H63NO8. The number of hydrogen-bond donors (Lipinski definition) is 2. The minimum atomic E-state index is -0.571. The van der Waals surface area contributed by atoms with Gasteiger partial charge in [0.15, 0.2) is 6.29 Å². The summed E-state index contributed by atoms with van der Waals surface area (Å²) in [6, 6.07) is 10.9. The van der Waals surface area contributed by atoms with Crippen LogP contribution in [0.5, 0.6) is 0 Å². The molecule has 2 N–H and O–H groups in total. The summed E-state index contributed by atoms with van der Waals surface area (Å²) in [5.74, 6) is 1.13. The Hall–Kier alpha value is -1.85. The van der Waals surface area contributed by atoms with E-state index in [0.29, 0.717) is 18.3 Å². The molecule has 50 heavy (non-hydrogen) atoms. The van der Waals surface area contributed by atoms with Gasteiger partial charge in [-0.1, -0.05) is 56.7 Å². The number of esters is 1. The number of ether oxygens (including phenoxy) is 6. The summed E-state index contributed by atoms with van der Waals surface area (Å²) in [5.41, 5.74) is 2.30. The maximum Gasteiger partial charge on any atom is 0.306 e. The predicted molar refractivity (Wildman–Crippen MR) is 191 cm³/mol. The quantitative estimate of drug-likeness (QED) is 0.225. The van der Waals surface area contributed by atoms with E-state index in [1.165, 1.54) is 5.56 Å². The van der Waals surface area contributed by atoms with Gasteiger partial charge in [0, 0.05) is 33.4 Å². The van der Waals surface area contributed by atoms with E-state index in [-0.39, 0.29) is 72.2 Å². The van der Waals surface area contributed by atoms with Crippen LogP contribution in [-0.2, 0) is 33.2 Å². The number of fused-ring (bicyclic) bond motifs is 5. The van der Waals surface area contributed by atoms with Crippen LogP contribution in [0, 0.1) is 35.5 Å². The summed E-state index contributed by atoms with van der Waals surface area (Å²) >= 11 is 0. The minimum Gasteiger partial charge on any atom is -0.462 e. The molecule has 1 aromatic rings. The molecule has 6 rings (SSSR count). The summed E-state index contributed by atoms with van der Waals surface area (Å²) < 4.78 is 36.9. The first-order valence-corrected chi connectivity index (χ1v) is 19.5. The van der Waals surface area contributed by atoms with E-state index in [9.17, 15) is 9.90 Å². The number of methoxy groups -OCH3 is 3. The Kier molecular flexibility index (Phi) is 12.8. The molecule has 3 aliphatic carbocycles. The minimum absolute atomic E-state index is 0.00784. The van der Waals surface area contributed by atoms with Gasteiger partial charge < -0.3 is 38.8 Å². The third kappa shape index (κ3) is 7.90. The summed E-state index contributed by atoms with van der Waals surface area (Å²) in [7, 11) is 5.04. The van der Waals surface area contributed by atoms with Crippen LogP contribution in [0.2, 0.25) is 0 Å². The molecule has 0 aromatic heterocycles. The number of aliphatic hydroxyl groups excluding tert-OH is 1. The van der Waals surface area contributed by atoms with Crippen molar-refractivity contribution < 1.29 is 38.3 Å². The molecular weight excluding hydrogens is 634 g/mol. The van der Waals surface area contributed by atoms with Crippen LogP contribution >= 0.6 is 0 Å². The van der Waals surface area contributed by atoms with Crippen molar-refractivity contribution in [3.63, 3.8) is 0 Å². The van der Waals surface area contributed by atoms with Gasteiger partial charge in [-0.25, -0.2) is 0 Å². The Bertz CT molecular complexity index is 1280. The van der Waals surface area contributed by atoms with Crippen molar-refractivity contribution in [3.8, 4) is 0 Å². The summed E-state index contributed by atoms with van der Waals surface area (Å²) in [6.45, 7) is 8.53. The van der Waals surface area contributed by atoms with E-state index >= 15 is 0 Å². The standard InChI is InChI=1S/C41H63NO8/c1-8-28-17-13-12-14-23(2)37(44)33-21-31-30-20-29(50-41-40(47-7)39(46-6)38(45-5)25(4)48-41)18-27(30)19-34(36(31)32(33)22-35(43)49-28)42-24(3)26-15-10-9-11-16-26/h9-11,15-16,21,23-25,27-32,34,36-42,44H,8,12-14,17-20,22H2,1-7H3/t23-,24+,25?,27+,28+,29-,30-,31+,32-,34+,36-,37?,38+,39?,40?,41+/m1/s1. The second kappa shape index (κ2) is 16.9. The second-order valence-corrected chi connectivity index (χ2v) is 16.0. The number of aliphatic hydroxyl groups is 1. The number of rotatable bonds is 9. The lowest BCUT2D eigenvalue weighted by molar-refractivity contribution is -0.314.